The first kappa shape index (κ1) is 23.2. The molecule has 2 aromatic carbocycles. The lowest BCUT2D eigenvalue weighted by atomic mass is 9.84. The lowest BCUT2D eigenvalue weighted by Crippen LogP contribution is -2.38. The molecule has 4 rings (SSSR count). The van der Waals surface area contributed by atoms with E-state index < -0.39 is 0 Å². The van der Waals surface area contributed by atoms with E-state index in [2.05, 4.69) is 11.1 Å². The molecule has 1 amide bonds. The third kappa shape index (κ3) is 4.86. The number of aromatic nitrogens is 1. The number of fused-ring (bicyclic) bond motifs is 1. The number of carbonyl (C=O) groups is 1. The fraction of sp³-hybridized carbons (Fsp3) is 0.385. The zero-order valence-electron chi connectivity index (χ0n) is 19.5. The molecule has 6 nitrogen and oxygen atoms in total. The fourth-order valence-corrected chi connectivity index (χ4v) is 4.41. The number of halogens is 1. The highest BCUT2D eigenvalue weighted by Gasteiger charge is 2.30. The predicted octanol–water partition coefficient (Wildman–Crippen LogP) is 5.55. The smallest absolute Gasteiger partial charge is 0.226 e. The van der Waals surface area contributed by atoms with Crippen LogP contribution < -0.4 is 14.2 Å². The number of hydrogen-bond donors (Lipinski definition) is 0. The molecule has 33 heavy (non-hydrogen) atoms. The predicted molar refractivity (Wildman–Crippen MR) is 129 cm³/mol. The highest BCUT2D eigenvalue weighted by molar-refractivity contribution is 6.30. The Hall–Kier alpha value is -2.99. The zero-order chi connectivity index (χ0) is 23.5. The summed E-state index contributed by atoms with van der Waals surface area (Å²) in [7, 11) is 4.74. The molecule has 0 atom stereocenters. The average molecular weight is 469 g/mol. The number of hydrogen-bond acceptors (Lipinski definition) is 5. The minimum absolute atomic E-state index is 0.0569. The summed E-state index contributed by atoms with van der Waals surface area (Å²) in [5.74, 6) is 1.84. The van der Waals surface area contributed by atoms with E-state index >= 15 is 0 Å². The summed E-state index contributed by atoms with van der Waals surface area (Å²) in [5, 5.41) is 1.43. The molecule has 0 saturated heterocycles. The summed E-state index contributed by atoms with van der Waals surface area (Å²) < 4.78 is 16.4. The van der Waals surface area contributed by atoms with E-state index in [0.29, 0.717) is 35.5 Å². The van der Waals surface area contributed by atoms with E-state index in [1.165, 1.54) is 0 Å². The van der Waals surface area contributed by atoms with E-state index in [1.54, 1.807) is 21.3 Å². The Labute approximate surface area is 199 Å². The second-order valence-electron chi connectivity index (χ2n) is 8.49. The molecule has 1 saturated carbocycles. The van der Waals surface area contributed by atoms with Gasteiger partial charge in [0.1, 0.15) is 5.15 Å². The van der Waals surface area contributed by atoms with Gasteiger partial charge in [0.25, 0.3) is 0 Å². The standard InChI is InChI=1S/C26H29ClN2O4/c1-16-8-9-21-19(10-16)13-20(25(27)28-21)15-29(26(30)18-6-5-7-18)14-17-11-22(31-2)24(33-4)23(12-17)32-3/h8-13,18H,5-7,14-15H2,1-4H3. The van der Waals surface area contributed by atoms with Crippen molar-refractivity contribution in [1.82, 2.24) is 9.88 Å². The van der Waals surface area contributed by atoms with Crippen LogP contribution in [0.5, 0.6) is 17.2 Å². The van der Waals surface area contributed by atoms with Gasteiger partial charge in [0, 0.05) is 30.0 Å². The number of rotatable bonds is 8. The number of methoxy groups -OCH3 is 3. The van der Waals surface area contributed by atoms with Crippen molar-refractivity contribution in [1.29, 1.82) is 0 Å². The molecule has 1 aliphatic rings. The van der Waals surface area contributed by atoms with E-state index in [4.69, 9.17) is 25.8 Å². The first-order valence-electron chi connectivity index (χ1n) is 11.1. The van der Waals surface area contributed by atoms with Crippen LogP contribution in [-0.4, -0.2) is 37.1 Å². The summed E-state index contributed by atoms with van der Waals surface area (Å²) >= 11 is 6.55. The van der Waals surface area contributed by atoms with Crippen molar-refractivity contribution in [3.63, 3.8) is 0 Å². The van der Waals surface area contributed by atoms with Crippen LogP contribution in [0.25, 0.3) is 10.9 Å². The van der Waals surface area contributed by atoms with Crippen molar-refractivity contribution >= 4 is 28.4 Å². The molecule has 0 spiro atoms. The van der Waals surface area contributed by atoms with Gasteiger partial charge in [-0.15, -0.1) is 0 Å². The Morgan fingerprint density at radius 1 is 1.03 bits per heavy atom. The Morgan fingerprint density at radius 2 is 1.73 bits per heavy atom. The summed E-state index contributed by atoms with van der Waals surface area (Å²) in [5.41, 5.74) is 3.71. The van der Waals surface area contributed by atoms with Crippen molar-refractivity contribution < 1.29 is 19.0 Å². The Bertz CT molecular complexity index is 1150. The lowest BCUT2D eigenvalue weighted by molar-refractivity contribution is -0.139. The maximum absolute atomic E-state index is 13.4. The Morgan fingerprint density at radius 3 is 2.30 bits per heavy atom. The molecule has 174 valence electrons. The second-order valence-corrected chi connectivity index (χ2v) is 8.85. The number of benzene rings is 2. The third-order valence-corrected chi connectivity index (χ3v) is 6.55. The molecule has 0 N–H and O–H groups in total. The second kappa shape index (κ2) is 9.87. The zero-order valence-corrected chi connectivity index (χ0v) is 20.2. The highest BCUT2D eigenvalue weighted by Crippen LogP contribution is 2.39. The van der Waals surface area contributed by atoms with Gasteiger partial charge in [-0.3, -0.25) is 4.79 Å². The number of pyridine rings is 1. The molecule has 7 heteroatoms. The maximum Gasteiger partial charge on any atom is 0.226 e. The Kier molecular flexibility index (Phi) is 6.94. The fourth-order valence-electron chi connectivity index (χ4n) is 4.20. The Balaban J connectivity index is 1.69. The van der Waals surface area contributed by atoms with Crippen molar-refractivity contribution in [2.75, 3.05) is 21.3 Å². The topological polar surface area (TPSA) is 60.9 Å². The first-order valence-corrected chi connectivity index (χ1v) is 11.4. The molecular weight excluding hydrogens is 440 g/mol. The van der Waals surface area contributed by atoms with Crippen molar-refractivity contribution in [2.45, 2.75) is 39.3 Å². The SMILES string of the molecule is COc1cc(CN(Cc2cc3cc(C)ccc3nc2Cl)C(=O)C2CCC2)cc(OC)c1OC. The minimum Gasteiger partial charge on any atom is -0.493 e. The van der Waals surface area contributed by atoms with E-state index in [9.17, 15) is 4.79 Å². The van der Waals surface area contributed by atoms with Crippen molar-refractivity contribution in [3.05, 3.63) is 58.2 Å². The largest absolute Gasteiger partial charge is 0.493 e. The number of aryl methyl sites for hydroxylation is 1. The van der Waals surface area contributed by atoms with Crippen molar-refractivity contribution in [2.24, 2.45) is 5.92 Å². The van der Waals surface area contributed by atoms with Crippen LogP contribution in [0.4, 0.5) is 0 Å². The van der Waals surface area contributed by atoms with E-state index in [-0.39, 0.29) is 11.8 Å². The molecule has 0 unspecified atom stereocenters. The van der Waals surface area contributed by atoms with Gasteiger partial charge in [-0.2, -0.15) is 0 Å². The monoisotopic (exact) mass is 468 g/mol. The molecule has 0 aliphatic heterocycles. The summed E-state index contributed by atoms with van der Waals surface area (Å²) in [6.07, 6.45) is 2.94. The molecule has 0 bridgehead atoms. The van der Waals surface area contributed by atoms with E-state index in [0.717, 1.165) is 46.9 Å². The minimum atomic E-state index is 0.0569. The van der Waals surface area contributed by atoms with Crippen LogP contribution in [0.15, 0.2) is 36.4 Å². The molecule has 1 aromatic heterocycles. The molecule has 1 heterocycles. The van der Waals surface area contributed by atoms with Crippen molar-refractivity contribution in [3.8, 4) is 17.2 Å². The van der Waals surface area contributed by atoms with Crippen LogP contribution in [0.2, 0.25) is 5.15 Å². The van der Waals surface area contributed by atoms with Gasteiger partial charge in [0.2, 0.25) is 11.7 Å². The summed E-state index contributed by atoms with van der Waals surface area (Å²) in [6, 6.07) is 11.9. The normalized spacial score (nSPS) is 13.5. The van der Waals surface area contributed by atoms with Crippen LogP contribution in [0, 0.1) is 12.8 Å². The highest BCUT2D eigenvalue weighted by atomic mass is 35.5. The average Bonchev–Trinajstić information content (AvgIpc) is 2.77. The molecule has 3 aromatic rings. The maximum atomic E-state index is 13.4. The molecular formula is C26H29ClN2O4. The molecule has 1 aliphatic carbocycles. The third-order valence-electron chi connectivity index (χ3n) is 6.22. The van der Waals surface area contributed by atoms with Gasteiger partial charge < -0.3 is 19.1 Å². The number of nitrogens with zero attached hydrogens (tertiary/aromatic N) is 2. The number of ether oxygens (including phenoxy) is 3. The van der Waals surface area contributed by atoms with Gasteiger partial charge in [-0.05, 0) is 55.7 Å². The van der Waals surface area contributed by atoms with Gasteiger partial charge in [-0.25, -0.2) is 4.98 Å². The van der Waals surface area contributed by atoms with Gasteiger partial charge in [0.15, 0.2) is 11.5 Å². The van der Waals surface area contributed by atoms with Gasteiger partial charge in [0.05, 0.1) is 26.8 Å². The summed E-state index contributed by atoms with van der Waals surface area (Å²) in [6.45, 7) is 2.82. The number of amides is 1. The van der Waals surface area contributed by atoms with Crippen LogP contribution >= 0.6 is 11.6 Å². The van der Waals surface area contributed by atoms with Crippen LogP contribution in [0.3, 0.4) is 0 Å². The van der Waals surface area contributed by atoms with Gasteiger partial charge >= 0.3 is 0 Å². The van der Waals surface area contributed by atoms with Gasteiger partial charge in [-0.1, -0.05) is 29.7 Å². The van der Waals surface area contributed by atoms with Crippen LogP contribution in [-0.2, 0) is 17.9 Å². The lowest BCUT2D eigenvalue weighted by Gasteiger charge is -2.32. The van der Waals surface area contributed by atoms with Crippen LogP contribution in [0.1, 0.15) is 36.0 Å². The molecule has 1 fully saturated rings. The number of carbonyl (C=O) groups excluding carboxylic acids is 1. The quantitative estimate of drug-likeness (QED) is 0.405. The first-order chi connectivity index (χ1) is 15.9. The van der Waals surface area contributed by atoms with E-state index in [1.807, 2.05) is 42.2 Å². The summed E-state index contributed by atoms with van der Waals surface area (Å²) in [4.78, 5) is 19.8. The molecule has 0 radical (unpaired) electrons.